The van der Waals surface area contributed by atoms with Gasteiger partial charge in [-0.2, -0.15) is 0 Å². The van der Waals surface area contributed by atoms with Gasteiger partial charge in [0.15, 0.2) is 5.16 Å². The zero-order valence-electron chi connectivity index (χ0n) is 20.0. The topological polar surface area (TPSA) is 72.9 Å². The van der Waals surface area contributed by atoms with Gasteiger partial charge in [0, 0.05) is 68.5 Å². The van der Waals surface area contributed by atoms with Gasteiger partial charge in [-0.3, -0.25) is 9.59 Å². The maximum atomic E-state index is 13.0. The smallest absolute Gasteiger partial charge is 0.254 e. The number of hydrogen-bond donors (Lipinski definition) is 0. The van der Waals surface area contributed by atoms with Crippen LogP contribution in [-0.4, -0.2) is 101 Å². The molecule has 2 saturated heterocycles. The molecule has 2 aromatic rings. The fourth-order valence-electron chi connectivity index (χ4n) is 4.37. The molecule has 0 aliphatic carbocycles. The van der Waals surface area contributed by atoms with E-state index in [2.05, 4.69) is 26.7 Å². The Morgan fingerprint density at radius 2 is 1.74 bits per heavy atom. The van der Waals surface area contributed by atoms with Crippen molar-refractivity contribution in [1.82, 2.24) is 24.7 Å². The fraction of sp³-hybridized carbons (Fsp3) is 0.500. The highest BCUT2D eigenvalue weighted by Crippen LogP contribution is 2.25. The molecule has 4 rings (SSSR count). The first-order chi connectivity index (χ1) is 16.8. The van der Waals surface area contributed by atoms with E-state index in [0.717, 1.165) is 32.7 Å². The largest absolute Gasteiger partial charge is 0.353 e. The SMILES string of the molecule is CCN1CCN(C(=O)CSc2nc(Cl)cc(N3CCN(C(=O)c4ccc(Cl)cc4)C(C)C3)n2)CC1. The molecule has 0 N–H and O–H groups in total. The van der Waals surface area contributed by atoms with Crippen LogP contribution in [0.5, 0.6) is 0 Å². The molecule has 0 bridgehead atoms. The Morgan fingerprint density at radius 3 is 2.40 bits per heavy atom. The van der Waals surface area contributed by atoms with Crippen molar-refractivity contribution in [2.24, 2.45) is 0 Å². The molecule has 35 heavy (non-hydrogen) atoms. The third-order valence-corrected chi connectivity index (χ3v) is 7.74. The van der Waals surface area contributed by atoms with Crippen LogP contribution in [0.25, 0.3) is 0 Å². The summed E-state index contributed by atoms with van der Waals surface area (Å²) < 4.78 is 0. The molecule has 1 atom stereocenters. The molecule has 1 aromatic heterocycles. The van der Waals surface area contributed by atoms with Crippen molar-refractivity contribution < 1.29 is 9.59 Å². The van der Waals surface area contributed by atoms with E-state index in [0.29, 0.717) is 46.3 Å². The number of nitrogens with zero attached hydrogens (tertiary/aromatic N) is 6. The van der Waals surface area contributed by atoms with Crippen molar-refractivity contribution in [2.75, 3.05) is 63.0 Å². The summed E-state index contributed by atoms with van der Waals surface area (Å²) in [7, 11) is 0. The summed E-state index contributed by atoms with van der Waals surface area (Å²) in [4.78, 5) is 42.8. The van der Waals surface area contributed by atoms with Crippen LogP contribution in [-0.2, 0) is 4.79 Å². The molecule has 1 unspecified atom stereocenters. The van der Waals surface area contributed by atoms with E-state index in [1.54, 1.807) is 30.3 Å². The quantitative estimate of drug-likeness (QED) is 0.318. The van der Waals surface area contributed by atoms with E-state index in [4.69, 9.17) is 23.2 Å². The Balaban J connectivity index is 1.35. The summed E-state index contributed by atoms with van der Waals surface area (Å²) >= 11 is 13.6. The van der Waals surface area contributed by atoms with Gasteiger partial charge in [-0.15, -0.1) is 0 Å². The lowest BCUT2D eigenvalue weighted by Crippen LogP contribution is -2.54. The maximum Gasteiger partial charge on any atom is 0.254 e. The highest BCUT2D eigenvalue weighted by atomic mass is 35.5. The van der Waals surface area contributed by atoms with Crippen LogP contribution < -0.4 is 4.90 Å². The van der Waals surface area contributed by atoms with Crippen molar-refractivity contribution in [3.05, 3.63) is 46.1 Å². The number of amides is 2. The Labute approximate surface area is 220 Å². The van der Waals surface area contributed by atoms with Crippen molar-refractivity contribution >= 4 is 52.6 Å². The summed E-state index contributed by atoms with van der Waals surface area (Å²) in [6.07, 6.45) is 0. The standard InChI is InChI=1S/C24H30Cl2N6O2S/c1-3-29-8-10-30(11-9-29)22(33)16-35-24-27-20(26)14-21(28-24)31-12-13-32(17(2)15-31)23(34)18-4-6-19(25)7-5-18/h4-7,14,17H,3,8-13,15-16H2,1-2H3. The number of thioether (sulfide) groups is 1. The number of hydrogen-bond acceptors (Lipinski definition) is 7. The lowest BCUT2D eigenvalue weighted by atomic mass is 10.1. The van der Waals surface area contributed by atoms with Crippen molar-refractivity contribution in [2.45, 2.75) is 25.0 Å². The molecule has 188 valence electrons. The Hall–Kier alpha value is -2.07. The predicted octanol–water partition coefficient (Wildman–Crippen LogP) is 3.39. The van der Waals surface area contributed by atoms with Gasteiger partial charge in [0.05, 0.1) is 5.75 Å². The Bertz CT molecular complexity index is 1050. The number of piperazine rings is 2. The normalized spacial score (nSPS) is 19.2. The average molecular weight is 538 g/mol. The monoisotopic (exact) mass is 536 g/mol. The lowest BCUT2D eigenvalue weighted by Gasteiger charge is -2.40. The van der Waals surface area contributed by atoms with Gasteiger partial charge in [0.25, 0.3) is 5.91 Å². The minimum Gasteiger partial charge on any atom is -0.353 e. The first kappa shape index (κ1) is 26.0. The molecule has 2 fully saturated rings. The molecular formula is C24H30Cl2N6O2S. The Kier molecular flexibility index (Phi) is 8.75. The van der Waals surface area contributed by atoms with E-state index in [9.17, 15) is 9.59 Å². The van der Waals surface area contributed by atoms with E-state index >= 15 is 0 Å². The molecule has 2 aliphatic rings. The van der Waals surface area contributed by atoms with E-state index in [1.807, 2.05) is 16.7 Å². The van der Waals surface area contributed by atoms with Crippen molar-refractivity contribution in [3.8, 4) is 0 Å². The average Bonchev–Trinajstić information content (AvgIpc) is 2.87. The number of rotatable bonds is 6. The van der Waals surface area contributed by atoms with Crippen LogP contribution in [0.2, 0.25) is 10.2 Å². The minimum atomic E-state index is -0.0138. The van der Waals surface area contributed by atoms with Crippen LogP contribution in [0.15, 0.2) is 35.5 Å². The predicted molar refractivity (Wildman–Crippen MR) is 141 cm³/mol. The first-order valence-electron chi connectivity index (χ1n) is 11.8. The molecule has 2 amide bonds. The summed E-state index contributed by atoms with van der Waals surface area (Å²) in [5, 5.41) is 1.43. The van der Waals surface area contributed by atoms with Crippen LogP contribution in [0.4, 0.5) is 5.82 Å². The molecular weight excluding hydrogens is 507 g/mol. The third-order valence-electron chi connectivity index (χ3n) is 6.46. The van der Waals surface area contributed by atoms with Gasteiger partial charge in [-0.1, -0.05) is 41.9 Å². The summed E-state index contributed by atoms with van der Waals surface area (Å²) in [6.45, 7) is 10.3. The minimum absolute atomic E-state index is 0.0101. The first-order valence-corrected chi connectivity index (χ1v) is 13.6. The number of aromatic nitrogens is 2. The fourth-order valence-corrected chi connectivity index (χ4v) is 5.48. The second-order valence-corrected chi connectivity index (χ2v) is 10.5. The number of anilines is 1. The number of likely N-dealkylation sites (N-methyl/N-ethyl adjacent to an activating group) is 1. The zero-order chi connectivity index (χ0) is 24.9. The van der Waals surface area contributed by atoms with E-state index in [1.165, 1.54) is 11.8 Å². The molecule has 8 nitrogen and oxygen atoms in total. The van der Waals surface area contributed by atoms with Gasteiger partial charge < -0.3 is 19.6 Å². The molecule has 0 radical (unpaired) electrons. The van der Waals surface area contributed by atoms with Gasteiger partial charge in [-0.25, -0.2) is 9.97 Å². The third kappa shape index (κ3) is 6.58. The van der Waals surface area contributed by atoms with Gasteiger partial charge in [0.1, 0.15) is 11.0 Å². The van der Waals surface area contributed by atoms with Crippen molar-refractivity contribution in [3.63, 3.8) is 0 Å². The van der Waals surface area contributed by atoms with Crippen LogP contribution in [0.1, 0.15) is 24.2 Å². The number of benzene rings is 1. The number of carbonyl (C=O) groups is 2. The highest BCUT2D eigenvalue weighted by Gasteiger charge is 2.29. The lowest BCUT2D eigenvalue weighted by molar-refractivity contribution is -0.130. The van der Waals surface area contributed by atoms with Crippen LogP contribution in [0.3, 0.4) is 0 Å². The van der Waals surface area contributed by atoms with Gasteiger partial charge >= 0.3 is 0 Å². The second-order valence-electron chi connectivity index (χ2n) is 8.74. The van der Waals surface area contributed by atoms with Gasteiger partial charge in [-0.05, 0) is 37.7 Å². The molecule has 0 spiro atoms. The number of halogens is 2. The van der Waals surface area contributed by atoms with E-state index in [-0.39, 0.29) is 23.6 Å². The molecule has 11 heteroatoms. The van der Waals surface area contributed by atoms with Gasteiger partial charge in [0.2, 0.25) is 5.91 Å². The molecule has 2 aliphatic heterocycles. The summed E-state index contributed by atoms with van der Waals surface area (Å²) in [6, 6.07) is 8.69. The van der Waals surface area contributed by atoms with Crippen LogP contribution in [0, 0.1) is 0 Å². The Morgan fingerprint density at radius 1 is 1.03 bits per heavy atom. The summed E-state index contributed by atoms with van der Waals surface area (Å²) in [5.41, 5.74) is 0.624. The van der Waals surface area contributed by atoms with Crippen LogP contribution >= 0.6 is 35.0 Å². The van der Waals surface area contributed by atoms with Crippen molar-refractivity contribution in [1.29, 1.82) is 0 Å². The molecule has 1 aromatic carbocycles. The highest BCUT2D eigenvalue weighted by molar-refractivity contribution is 7.99. The second kappa shape index (κ2) is 11.8. The molecule has 0 saturated carbocycles. The molecule has 3 heterocycles. The maximum absolute atomic E-state index is 13.0. The zero-order valence-corrected chi connectivity index (χ0v) is 22.3. The number of carbonyl (C=O) groups excluding carboxylic acids is 2. The summed E-state index contributed by atoms with van der Waals surface area (Å²) in [5.74, 6) is 1.08. The van der Waals surface area contributed by atoms with E-state index < -0.39 is 0 Å².